The molecule has 5 rings (SSSR count). The highest BCUT2D eigenvalue weighted by molar-refractivity contribution is 6.03. The minimum atomic E-state index is -0.471. The number of rotatable bonds is 10. The predicted octanol–water partition coefficient (Wildman–Crippen LogP) is 6.87. The maximum absolute atomic E-state index is 13.0. The molecule has 0 aromatic heterocycles. The van der Waals surface area contributed by atoms with Gasteiger partial charge < -0.3 is 19.1 Å². The first-order chi connectivity index (χ1) is 19.3. The van der Waals surface area contributed by atoms with Gasteiger partial charge in [0, 0.05) is 18.8 Å². The number of nitrogens with zero attached hydrogens (tertiary/aromatic N) is 3. The van der Waals surface area contributed by atoms with E-state index in [-0.39, 0.29) is 23.4 Å². The van der Waals surface area contributed by atoms with Crippen LogP contribution in [0.5, 0.6) is 23.0 Å². The lowest BCUT2D eigenvalue weighted by atomic mass is 10.1. The van der Waals surface area contributed by atoms with Crippen molar-refractivity contribution in [2.24, 2.45) is 4.99 Å². The topological polar surface area (TPSA) is 104 Å². The summed E-state index contributed by atoms with van der Waals surface area (Å²) in [6, 6.07) is 14.0. The number of fused-ring (bicyclic) bond motifs is 2. The fraction of sp³-hybridized carbons (Fsp3) is 0.355. The molecule has 9 nitrogen and oxygen atoms in total. The molecule has 0 saturated carbocycles. The van der Waals surface area contributed by atoms with E-state index in [1.807, 2.05) is 56.2 Å². The minimum Gasteiger partial charge on any atom is -0.493 e. The molecule has 2 aliphatic rings. The van der Waals surface area contributed by atoms with Gasteiger partial charge in [0.15, 0.2) is 0 Å². The summed E-state index contributed by atoms with van der Waals surface area (Å²) in [5.74, 6) is 1.86. The summed E-state index contributed by atoms with van der Waals surface area (Å²) < 4.78 is 17.6. The van der Waals surface area contributed by atoms with E-state index in [1.54, 1.807) is 18.2 Å². The molecule has 0 unspecified atom stereocenters. The molecule has 0 aliphatic carbocycles. The van der Waals surface area contributed by atoms with Gasteiger partial charge in [-0.3, -0.25) is 19.9 Å². The molecule has 208 valence electrons. The molecule has 1 atom stereocenters. The van der Waals surface area contributed by atoms with E-state index in [0.29, 0.717) is 48.1 Å². The Kier molecular flexibility index (Phi) is 8.00. The van der Waals surface area contributed by atoms with Crippen molar-refractivity contribution < 1.29 is 23.9 Å². The maximum atomic E-state index is 13.0. The van der Waals surface area contributed by atoms with E-state index >= 15 is 0 Å². The molecule has 1 amide bonds. The number of unbranched alkanes of at least 4 members (excludes halogenated alkanes) is 1. The van der Waals surface area contributed by atoms with Crippen molar-refractivity contribution in [1.82, 2.24) is 4.90 Å². The third kappa shape index (κ3) is 5.93. The first kappa shape index (κ1) is 27.2. The first-order valence-electron chi connectivity index (χ1n) is 13.6. The molecule has 0 spiro atoms. The van der Waals surface area contributed by atoms with E-state index in [2.05, 4.69) is 4.99 Å². The fourth-order valence-corrected chi connectivity index (χ4v) is 4.93. The summed E-state index contributed by atoms with van der Waals surface area (Å²) in [4.78, 5) is 30.6. The molecule has 2 heterocycles. The average Bonchev–Trinajstić information content (AvgIpc) is 3.37. The lowest BCUT2D eigenvalue weighted by Gasteiger charge is -2.20. The molecule has 3 aromatic carbocycles. The third-order valence-corrected chi connectivity index (χ3v) is 7.37. The van der Waals surface area contributed by atoms with Gasteiger partial charge in [0.1, 0.15) is 17.2 Å². The SMILES string of the molecule is Cc1ccc(Oc2ccc(OCCCCOc3cc4c(cc3C)C(=O)N3CCC[C@H]3C=N4)cc2[N+](=O)[O-])cc1C. The fourth-order valence-electron chi connectivity index (χ4n) is 4.93. The maximum Gasteiger partial charge on any atom is 0.315 e. The number of aliphatic imine (C=N–C) groups is 1. The summed E-state index contributed by atoms with van der Waals surface area (Å²) in [5.41, 5.74) is 4.18. The van der Waals surface area contributed by atoms with Gasteiger partial charge in [-0.05, 0) is 93.5 Å². The first-order valence-corrected chi connectivity index (χ1v) is 13.6. The molecule has 40 heavy (non-hydrogen) atoms. The number of amides is 1. The third-order valence-electron chi connectivity index (χ3n) is 7.37. The average molecular weight is 544 g/mol. The normalized spacial score (nSPS) is 15.8. The van der Waals surface area contributed by atoms with Gasteiger partial charge in [0.25, 0.3) is 5.91 Å². The van der Waals surface area contributed by atoms with Crippen molar-refractivity contribution in [1.29, 1.82) is 0 Å². The van der Waals surface area contributed by atoms with Gasteiger partial charge in [0.05, 0.1) is 41.5 Å². The van der Waals surface area contributed by atoms with Crippen LogP contribution in [0, 0.1) is 30.9 Å². The summed E-state index contributed by atoms with van der Waals surface area (Å²) in [5, 5.41) is 11.7. The second kappa shape index (κ2) is 11.8. The van der Waals surface area contributed by atoms with Gasteiger partial charge in [0.2, 0.25) is 5.75 Å². The number of carbonyl (C=O) groups excluding carboxylic acids is 1. The van der Waals surface area contributed by atoms with Gasteiger partial charge in [-0.2, -0.15) is 0 Å². The molecule has 0 radical (unpaired) electrons. The quantitative estimate of drug-likeness (QED) is 0.157. The van der Waals surface area contributed by atoms with Crippen molar-refractivity contribution in [2.75, 3.05) is 19.8 Å². The Labute approximate surface area is 233 Å². The molecular weight excluding hydrogens is 510 g/mol. The Morgan fingerprint density at radius 2 is 1.70 bits per heavy atom. The lowest BCUT2D eigenvalue weighted by molar-refractivity contribution is -0.385. The number of carbonyl (C=O) groups is 1. The number of hydrogen-bond donors (Lipinski definition) is 0. The minimum absolute atomic E-state index is 0.0341. The van der Waals surface area contributed by atoms with Crippen LogP contribution in [0.2, 0.25) is 0 Å². The Hall–Kier alpha value is -4.40. The molecule has 3 aromatic rings. The summed E-state index contributed by atoms with van der Waals surface area (Å²) in [6.07, 6.45) is 5.26. The molecule has 2 aliphatic heterocycles. The second-order valence-electron chi connectivity index (χ2n) is 10.3. The number of benzene rings is 3. The van der Waals surface area contributed by atoms with Crippen LogP contribution < -0.4 is 14.2 Å². The van der Waals surface area contributed by atoms with Crippen LogP contribution in [-0.2, 0) is 0 Å². The standard InChI is InChI=1S/C31H33N3O6/c1-20-8-9-25(15-21(20)2)40-29-11-10-24(17-28(29)34(36)37)38-13-4-5-14-39-30-18-27-26(16-22(30)3)31(35)33-12-6-7-23(33)19-32-27/h8-11,15-19,23H,4-7,12-14H2,1-3H3/t23-/m0/s1. The molecule has 0 bridgehead atoms. The highest BCUT2D eigenvalue weighted by Crippen LogP contribution is 2.36. The van der Waals surface area contributed by atoms with Crippen LogP contribution in [0.4, 0.5) is 11.4 Å². The van der Waals surface area contributed by atoms with Crippen molar-refractivity contribution in [3.63, 3.8) is 0 Å². The van der Waals surface area contributed by atoms with E-state index in [0.717, 1.165) is 42.5 Å². The second-order valence-corrected chi connectivity index (χ2v) is 10.3. The molecule has 9 heteroatoms. The zero-order chi connectivity index (χ0) is 28.2. The Morgan fingerprint density at radius 1 is 0.925 bits per heavy atom. The van der Waals surface area contributed by atoms with Gasteiger partial charge in [-0.1, -0.05) is 6.07 Å². The Bertz CT molecular complexity index is 1470. The van der Waals surface area contributed by atoms with E-state index in [1.165, 1.54) is 6.07 Å². The van der Waals surface area contributed by atoms with E-state index in [4.69, 9.17) is 14.2 Å². The summed E-state index contributed by atoms with van der Waals surface area (Å²) in [6.45, 7) is 7.52. The van der Waals surface area contributed by atoms with Gasteiger partial charge in [-0.25, -0.2) is 0 Å². The lowest BCUT2D eigenvalue weighted by Crippen LogP contribution is -2.35. The van der Waals surface area contributed by atoms with Crippen LogP contribution in [0.3, 0.4) is 0 Å². The smallest absolute Gasteiger partial charge is 0.315 e. The highest BCUT2D eigenvalue weighted by Gasteiger charge is 2.32. The zero-order valence-corrected chi connectivity index (χ0v) is 23.0. The van der Waals surface area contributed by atoms with Crippen LogP contribution in [-0.4, -0.2) is 47.7 Å². The Morgan fingerprint density at radius 3 is 2.48 bits per heavy atom. The number of nitro benzene ring substituents is 1. The highest BCUT2D eigenvalue weighted by atomic mass is 16.6. The zero-order valence-electron chi connectivity index (χ0n) is 23.0. The Balaban J connectivity index is 1.13. The van der Waals surface area contributed by atoms with Crippen LogP contribution in [0.1, 0.15) is 52.7 Å². The monoisotopic (exact) mass is 543 g/mol. The summed E-state index contributed by atoms with van der Waals surface area (Å²) >= 11 is 0. The van der Waals surface area contributed by atoms with Gasteiger partial charge >= 0.3 is 5.69 Å². The predicted molar refractivity (Wildman–Crippen MR) is 153 cm³/mol. The van der Waals surface area contributed by atoms with Crippen LogP contribution >= 0.6 is 0 Å². The van der Waals surface area contributed by atoms with E-state index in [9.17, 15) is 14.9 Å². The number of ether oxygens (including phenoxy) is 3. The van der Waals surface area contributed by atoms with Crippen molar-refractivity contribution in [3.8, 4) is 23.0 Å². The molecule has 1 fully saturated rings. The van der Waals surface area contributed by atoms with Crippen molar-refractivity contribution in [3.05, 3.63) is 80.9 Å². The molecule has 1 saturated heterocycles. The van der Waals surface area contributed by atoms with Crippen molar-refractivity contribution in [2.45, 2.75) is 52.5 Å². The number of nitro groups is 1. The number of aryl methyl sites for hydroxylation is 3. The number of hydrogen-bond acceptors (Lipinski definition) is 7. The van der Waals surface area contributed by atoms with Crippen molar-refractivity contribution >= 4 is 23.5 Å². The van der Waals surface area contributed by atoms with E-state index < -0.39 is 4.92 Å². The van der Waals surface area contributed by atoms with Gasteiger partial charge in [-0.15, -0.1) is 0 Å². The largest absolute Gasteiger partial charge is 0.493 e. The molecular formula is C31H33N3O6. The molecule has 0 N–H and O–H groups in total. The summed E-state index contributed by atoms with van der Waals surface area (Å²) in [7, 11) is 0. The van der Waals surface area contributed by atoms with Crippen LogP contribution in [0.25, 0.3) is 0 Å². The van der Waals surface area contributed by atoms with Crippen LogP contribution in [0.15, 0.2) is 53.5 Å².